The minimum absolute atomic E-state index is 0.0417. The van der Waals surface area contributed by atoms with E-state index in [9.17, 15) is 49.5 Å². The molecule has 2 aromatic carbocycles. The van der Waals surface area contributed by atoms with Crippen LogP contribution in [0.4, 0.5) is 32.0 Å². The number of nitrogens with zero attached hydrogens (tertiary/aromatic N) is 1. The summed E-state index contributed by atoms with van der Waals surface area (Å²) in [6.07, 6.45) is -10.7. The summed E-state index contributed by atoms with van der Waals surface area (Å²) < 4.78 is 103. The Balaban J connectivity index is 1.97. The summed E-state index contributed by atoms with van der Waals surface area (Å²) in [6, 6.07) is 5.94. The number of halogens is 6. The van der Waals surface area contributed by atoms with E-state index in [2.05, 4.69) is 5.32 Å². The largest absolute Gasteiger partial charge is 0.430 e. The Morgan fingerprint density at radius 1 is 1.03 bits per heavy atom. The average Bonchev–Trinajstić information content (AvgIpc) is 3.15. The third-order valence-corrected chi connectivity index (χ3v) is 7.00. The number of amides is 1. The number of hydrogen-bond donors (Lipinski definition) is 2. The Labute approximate surface area is 193 Å². The average molecular weight is 522 g/mol. The summed E-state index contributed by atoms with van der Waals surface area (Å²) in [7, 11) is -3.58. The molecule has 3 rings (SSSR count). The normalized spacial score (nSPS) is 13.1. The van der Waals surface area contributed by atoms with Crippen molar-refractivity contribution in [2.75, 3.05) is 11.1 Å². The molecule has 3 aromatic rings. The maximum Gasteiger partial charge on any atom is 0.430 e. The second-order valence-corrected chi connectivity index (χ2v) is 9.66. The molecule has 0 fully saturated rings. The molecule has 14 heteroatoms. The van der Waals surface area contributed by atoms with Crippen molar-refractivity contribution in [1.29, 1.82) is 0 Å². The van der Waals surface area contributed by atoms with E-state index in [1.807, 2.05) is 0 Å². The van der Waals surface area contributed by atoms with E-state index in [0.717, 1.165) is 16.7 Å². The minimum atomic E-state index is -6.07. The number of fused-ring (bicyclic) bond motifs is 1. The van der Waals surface area contributed by atoms with Crippen LogP contribution in [0, 0.1) is 0 Å². The van der Waals surface area contributed by atoms with Crippen molar-refractivity contribution in [2.24, 2.45) is 0 Å². The van der Waals surface area contributed by atoms with Gasteiger partial charge in [-0.2, -0.15) is 26.3 Å². The smallest absolute Gasteiger partial charge is 0.369 e. The molecule has 35 heavy (non-hydrogen) atoms. The van der Waals surface area contributed by atoms with E-state index in [1.165, 1.54) is 31.3 Å². The summed E-state index contributed by atoms with van der Waals surface area (Å²) in [6.45, 7) is 1.44. The number of rotatable bonds is 6. The second kappa shape index (κ2) is 8.68. The quantitative estimate of drug-likeness (QED) is 0.376. The highest BCUT2D eigenvalue weighted by Gasteiger charge is 2.71. The van der Waals surface area contributed by atoms with Gasteiger partial charge in [-0.3, -0.25) is 14.2 Å². The summed E-state index contributed by atoms with van der Waals surface area (Å²) in [5.74, 6) is -1.14. The van der Waals surface area contributed by atoms with E-state index in [0.29, 0.717) is 12.1 Å². The highest BCUT2D eigenvalue weighted by atomic mass is 32.2. The zero-order valence-corrected chi connectivity index (χ0v) is 18.4. The van der Waals surface area contributed by atoms with Crippen LogP contribution in [0.15, 0.2) is 53.6 Å². The van der Waals surface area contributed by atoms with Crippen molar-refractivity contribution in [3.63, 3.8) is 0 Å². The van der Waals surface area contributed by atoms with E-state index < -0.39 is 39.3 Å². The maximum absolute atomic E-state index is 13.0. The topological polar surface area (TPSA) is 105 Å². The molecule has 0 aliphatic heterocycles. The van der Waals surface area contributed by atoms with E-state index in [1.54, 1.807) is 0 Å². The van der Waals surface area contributed by atoms with Crippen molar-refractivity contribution >= 4 is 38.6 Å². The zero-order chi connectivity index (χ0) is 26.4. The van der Waals surface area contributed by atoms with Gasteiger partial charge >= 0.3 is 12.4 Å². The molecule has 0 saturated heterocycles. The van der Waals surface area contributed by atoms with Crippen molar-refractivity contribution in [3.8, 4) is 0 Å². The number of sulfone groups is 1. The number of carbonyl (C=O) groups is 2. The highest BCUT2D eigenvalue weighted by Crippen LogP contribution is 2.50. The molecule has 7 nitrogen and oxygen atoms in total. The Bertz CT molecular complexity index is 1380. The van der Waals surface area contributed by atoms with Gasteiger partial charge in [0.05, 0.1) is 10.6 Å². The number of carbonyl (C=O) groups excluding carboxylic acids is 2. The lowest BCUT2D eigenvalue weighted by molar-refractivity contribution is -0.376. The molecule has 0 aliphatic carbocycles. The van der Waals surface area contributed by atoms with E-state index in [-0.39, 0.29) is 39.2 Å². The standard InChI is InChI=1S/C21H16F6N2O5S/c1-2-35(33,34)15-7-8-16-12(9-15)10-29(11-30)17(16)18(31)28-14-5-3-13(4-6-14)19(32,20(22,23)24)21(25,26)27/h3-11,32H,2H2,1H3,(H,28,31). The van der Waals surface area contributed by atoms with Gasteiger partial charge in [-0.15, -0.1) is 0 Å². The molecule has 0 saturated carbocycles. The highest BCUT2D eigenvalue weighted by molar-refractivity contribution is 7.91. The van der Waals surface area contributed by atoms with Crippen LogP contribution in [0.25, 0.3) is 10.8 Å². The number of aliphatic hydroxyl groups is 1. The molecule has 0 spiro atoms. The third-order valence-electron chi connectivity index (χ3n) is 5.26. The molecule has 1 amide bonds. The van der Waals surface area contributed by atoms with Crippen LogP contribution < -0.4 is 5.32 Å². The number of nitrogens with one attached hydrogen (secondary N) is 1. The molecule has 1 aromatic heterocycles. The molecule has 0 atom stereocenters. The van der Waals surface area contributed by atoms with Crippen LogP contribution in [-0.2, 0) is 20.2 Å². The number of aromatic nitrogens is 1. The molecule has 0 aliphatic rings. The fourth-order valence-electron chi connectivity index (χ4n) is 3.37. The summed E-state index contributed by atoms with van der Waals surface area (Å²) in [4.78, 5) is 24.2. The second-order valence-electron chi connectivity index (χ2n) is 7.38. The fraction of sp³-hybridized carbons (Fsp3) is 0.238. The van der Waals surface area contributed by atoms with Crippen LogP contribution in [0.1, 0.15) is 23.0 Å². The first-order valence-electron chi connectivity index (χ1n) is 9.67. The van der Waals surface area contributed by atoms with Crippen molar-refractivity contribution in [1.82, 2.24) is 4.57 Å². The SMILES string of the molecule is CCS(=O)(=O)c1ccc2c(C(=O)Nc3ccc(C(O)(C(F)(F)F)C(F)(F)F)cc3)n(C=O)cc2c1. The summed E-state index contributed by atoms with van der Waals surface area (Å²) in [5.41, 5.74) is -7.12. The lowest BCUT2D eigenvalue weighted by Gasteiger charge is -2.32. The third kappa shape index (κ3) is 4.50. The van der Waals surface area contributed by atoms with Crippen molar-refractivity contribution < 1.29 is 49.5 Å². The van der Waals surface area contributed by atoms with Crippen LogP contribution in [0.2, 0.25) is 0 Å². The Kier molecular flexibility index (Phi) is 6.50. The van der Waals surface area contributed by atoms with Crippen LogP contribution in [-0.4, -0.2) is 48.5 Å². The summed E-state index contributed by atoms with van der Waals surface area (Å²) >= 11 is 0. The van der Waals surface area contributed by atoms with Gasteiger partial charge in [0.2, 0.25) is 6.41 Å². The van der Waals surface area contributed by atoms with Crippen LogP contribution in [0.5, 0.6) is 0 Å². The fourth-order valence-corrected chi connectivity index (χ4v) is 4.29. The molecule has 188 valence electrons. The van der Waals surface area contributed by atoms with Crippen molar-refractivity contribution in [2.45, 2.75) is 29.8 Å². The lowest BCUT2D eigenvalue weighted by atomic mass is 9.92. The van der Waals surface area contributed by atoms with Gasteiger partial charge in [0.25, 0.3) is 11.5 Å². The van der Waals surface area contributed by atoms with Gasteiger partial charge < -0.3 is 10.4 Å². The number of alkyl halides is 6. The monoisotopic (exact) mass is 522 g/mol. The first kappa shape index (κ1) is 26.2. The van der Waals surface area contributed by atoms with Gasteiger partial charge in [0.1, 0.15) is 5.69 Å². The van der Waals surface area contributed by atoms with Gasteiger partial charge in [-0.25, -0.2) is 8.42 Å². The van der Waals surface area contributed by atoms with E-state index >= 15 is 0 Å². The molecule has 0 bridgehead atoms. The van der Waals surface area contributed by atoms with E-state index in [4.69, 9.17) is 0 Å². The first-order chi connectivity index (χ1) is 16.1. The van der Waals surface area contributed by atoms with Gasteiger partial charge in [-0.05, 0) is 24.3 Å². The van der Waals surface area contributed by atoms with Gasteiger partial charge in [-0.1, -0.05) is 25.1 Å². The Morgan fingerprint density at radius 3 is 2.09 bits per heavy atom. The predicted molar refractivity (Wildman–Crippen MR) is 112 cm³/mol. The lowest BCUT2D eigenvalue weighted by Crippen LogP contribution is -2.53. The van der Waals surface area contributed by atoms with Crippen LogP contribution in [0.3, 0.4) is 0 Å². The first-order valence-corrected chi connectivity index (χ1v) is 11.3. The van der Waals surface area contributed by atoms with Gasteiger partial charge in [0.15, 0.2) is 9.84 Å². The molecular weight excluding hydrogens is 506 g/mol. The molecule has 0 radical (unpaired) electrons. The number of hydrogen-bond acceptors (Lipinski definition) is 5. The van der Waals surface area contributed by atoms with Gasteiger partial charge in [0, 0.05) is 28.2 Å². The Morgan fingerprint density at radius 2 is 1.60 bits per heavy atom. The number of anilines is 1. The zero-order valence-electron chi connectivity index (χ0n) is 17.6. The minimum Gasteiger partial charge on any atom is -0.369 e. The molecule has 1 heterocycles. The van der Waals surface area contributed by atoms with Crippen molar-refractivity contribution in [3.05, 3.63) is 59.9 Å². The molecule has 0 unspecified atom stereocenters. The maximum atomic E-state index is 13.0. The Hall–Kier alpha value is -3.39. The van der Waals surface area contributed by atoms with Crippen LogP contribution >= 0.6 is 0 Å². The number of benzene rings is 2. The molecule has 2 N–H and O–H groups in total. The predicted octanol–water partition coefficient (Wildman–Crippen LogP) is 4.04. The molecular formula is C21H16F6N2O5S. The summed E-state index contributed by atoms with van der Waals surface area (Å²) in [5, 5.41) is 12.1.